The van der Waals surface area contributed by atoms with Crippen LogP contribution < -0.4 is 15.4 Å². The highest BCUT2D eigenvalue weighted by Crippen LogP contribution is 2.27. The molecule has 0 radical (unpaired) electrons. The van der Waals surface area contributed by atoms with Gasteiger partial charge in [-0.2, -0.15) is 0 Å². The molecule has 2 amide bonds. The molecule has 0 aliphatic carbocycles. The molecule has 0 saturated carbocycles. The van der Waals surface area contributed by atoms with Crippen LogP contribution in [0.5, 0.6) is 5.75 Å². The Hall–Kier alpha value is -1.23. The van der Waals surface area contributed by atoms with E-state index in [1.165, 1.54) is 0 Å². The fourth-order valence-electron chi connectivity index (χ4n) is 1.10. The Kier molecular flexibility index (Phi) is 4.42. The summed E-state index contributed by atoms with van der Waals surface area (Å²) < 4.78 is 6.04. The number of halogens is 1. The monoisotopic (exact) mass is 272 g/mol. The van der Waals surface area contributed by atoms with E-state index in [0.29, 0.717) is 18.0 Å². The molecular formula is C10H13BrN2O2. The number of amides is 2. The van der Waals surface area contributed by atoms with Crippen molar-refractivity contribution in [2.24, 2.45) is 0 Å². The van der Waals surface area contributed by atoms with E-state index < -0.39 is 0 Å². The van der Waals surface area contributed by atoms with Gasteiger partial charge in [-0.1, -0.05) is 15.9 Å². The van der Waals surface area contributed by atoms with Crippen LogP contribution in [0.1, 0.15) is 6.92 Å². The number of anilines is 1. The van der Waals surface area contributed by atoms with Gasteiger partial charge in [0.1, 0.15) is 5.75 Å². The third-order valence-electron chi connectivity index (χ3n) is 1.75. The summed E-state index contributed by atoms with van der Waals surface area (Å²) in [7, 11) is 1.56. The van der Waals surface area contributed by atoms with Gasteiger partial charge >= 0.3 is 6.03 Å². The van der Waals surface area contributed by atoms with Crippen molar-refractivity contribution in [3.05, 3.63) is 22.7 Å². The number of carbonyl (C=O) groups excluding carboxylic acids is 1. The van der Waals surface area contributed by atoms with Crippen LogP contribution in [0.15, 0.2) is 22.7 Å². The number of ether oxygens (including phenoxy) is 1. The van der Waals surface area contributed by atoms with E-state index in [1.807, 2.05) is 13.0 Å². The van der Waals surface area contributed by atoms with Crippen molar-refractivity contribution in [1.82, 2.24) is 5.32 Å². The highest BCUT2D eigenvalue weighted by Gasteiger charge is 2.06. The maximum Gasteiger partial charge on any atom is 0.319 e. The fraction of sp³-hybridized carbons (Fsp3) is 0.300. The average molecular weight is 273 g/mol. The summed E-state index contributed by atoms with van der Waals surface area (Å²) in [6, 6.07) is 5.17. The first kappa shape index (κ1) is 11.8. The quantitative estimate of drug-likeness (QED) is 0.889. The van der Waals surface area contributed by atoms with Crippen LogP contribution in [0, 0.1) is 0 Å². The molecule has 0 aromatic heterocycles. The number of methoxy groups -OCH3 is 1. The molecule has 1 aromatic rings. The Morgan fingerprint density at radius 2 is 2.27 bits per heavy atom. The lowest BCUT2D eigenvalue weighted by atomic mass is 10.3. The zero-order chi connectivity index (χ0) is 11.3. The predicted molar refractivity (Wildman–Crippen MR) is 63.4 cm³/mol. The van der Waals surface area contributed by atoms with Crippen LogP contribution in [-0.2, 0) is 0 Å². The lowest BCUT2D eigenvalue weighted by Crippen LogP contribution is -2.28. The van der Waals surface area contributed by atoms with Gasteiger partial charge in [0.25, 0.3) is 0 Å². The lowest BCUT2D eigenvalue weighted by molar-refractivity contribution is 0.252. The highest BCUT2D eigenvalue weighted by atomic mass is 79.9. The molecule has 15 heavy (non-hydrogen) atoms. The standard InChI is InChI=1S/C10H13BrN2O2/c1-3-12-10(14)13-8-5-4-7(11)6-9(8)15-2/h4-6H,3H2,1-2H3,(H2,12,13,14). The fourth-order valence-corrected chi connectivity index (χ4v) is 1.44. The Balaban J connectivity index is 2.80. The molecule has 0 fully saturated rings. The van der Waals surface area contributed by atoms with Crippen molar-refractivity contribution < 1.29 is 9.53 Å². The summed E-state index contributed by atoms with van der Waals surface area (Å²) in [6.07, 6.45) is 0. The van der Waals surface area contributed by atoms with Crippen molar-refractivity contribution >= 4 is 27.6 Å². The topological polar surface area (TPSA) is 50.4 Å². The predicted octanol–water partition coefficient (Wildman–Crippen LogP) is 2.60. The smallest absolute Gasteiger partial charge is 0.319 e. The third-order valence-corrected chi connectivity index (χ3v) is 2.24. The van der Waals surface area contributed by atoms with Gasteiger partial charge in [0, 0.05) is 11.0 Å². The number of rotatable bonds is 3. The van der Waals surface area contributed by atoms with E-state index in [4.69, 9.17) is 4.74 Å². The van der Waals surface area contributed by atoms with Crippen LogP contribution in [0.3, 0.4) is 0 Å². The Morgan fingerprint density at radius 1 is 1.53 bits per heavy atom. The van der Waals surface area contributed by atoms with E-state index in [9.17, 15) is 4.79 Å². The largest absolute Gasteiger partial charge is 0.495 e. The lowest BCUT2D eigenvalue weighted by Gasteiger charge is -2.10. The van der Waals surface area contributed by atoms with Gasteiger partial charge in [-0.15, -0.1) is 0 Å². The minimum absolute atomic E-state index is 0.238. The van der Waals surface area contributed by atoms with Crippen LogP contribution in [0.25, 0.3) is 0 Å². The second-order valence-corrected chi connectivity index (χ2v) is 3.74. The van der Waals surface area contributed by atoms with Crippen molar-refractivity contribution in [3.63, 3.8) is 0 Å². The van der Waals surface area contributed by atoms with Gasteiger partial charge in [0.15, 0.2) is 0 Å². The van der Waals surface area contributed by atoms with Crippen molar-refractivity contribution in [1.29, 1.82) is 0 Å². The molecule has 0 heterocycles. The van der Waals surface area contributed by atoms with Gasteiger partial charge in [-0.25, -0.2) is 4.79 Å². The Bertz CT molecular complexity index is 355. The van der Waals surface area contributed by atoms with E-state index in [2.05, 4.69) is 26.6 Å². The van der Waals surface area contributed by atoms with E-state index in [-0.39, 0.29) is 6.03 Å². The maximum atomic E-state index is 11.3. The molecule has 4 nitrogen and oxygen atoms in total. The summed E-state index contributed by atoms with van der Waals surface area (Å²) >= 11 is 3.33. The average Bonchev–Trinajstić information content (AvgIpc) is 2.21. The van der Waals surface area contributed by atoms with Crippen molar-refractivity contribution in [3.8, 4) is 5.75 Å². The number of hydrogen-bond acceptors (Lipinski definition) is 2. The molecular weight excluding hydrogens is 260 g/mol. The summed E-state index contributed by atoms with van der Waals surface area (Å²) in [5.41, 5.74) is 0.645. The van der Waals surface area contributed by atoms with E-state index in [0.717, 1.165) is 4.47 Å². The zero-order valence-electron chi connectivity index (χ0n) is 8.63. The minimum atomic E-state index is -0.238. The van der Waals surface area contributed by atoms with Crippen LogP contribution in [0.2, 0.25) is 0 Å². The van der Waals surface area contributed by atoms with Crippen LogP contribution in [0.4, 0.5) is 10.5 Å². The zero-order valence-corrected chi connectivity index (χ0v) is 10.2. The molecule has 0 aliphatic rings. The molecule has 0 unspecified atom stereocenters. The maximum absolute atomic E-state index is 11.3. The summed E-state index contributed by atoms with van der Waals surface area (Å²) in [5.74, 6) is 0.621. The Morgan fingerprint density at radius 3 is 2.87 bits per heavy atom. The van der Waals surface area contributed by atoms with Gasteiger partial charge in [0.05, 0.1) is 12.8 Å². The SMILES string of the molecule is CCNC(=O)Nc1ccc(Br)cc1OC. The molecule has 0 spiro atoms. The molecule has 1 aromatic carbocycles. The molecule has 1 rings (SSSR count). The van der Waals surface area contributed by atoms with E-state index in [1.54, 1.807) is 19.2 Å². The van der Waals surface area contributed by atoms with Gasteiger partial charge < -0.3 is 15.4 Å². The number of urea groups is 1. The van der Waals surface area contributed by atoms with Gasteiger partial charge in [0.2, 0.25) is 0 Å². The number of hydrogen-bond donors (Lipinski definition) is 2. The second kappa shape index (κ2) is 5.60. The summed E-state index contributed by atoms with van der Waals surface area (Å²) in [6.45, 7) is 2.45. The second-order valence-electron chi connectivity index (χ2n) is 2.83. The normalized spacial score (nSPS) is 9.53. The number of nitrogens with one attached hydrogen (secondary N) is 2. The molecule has 2 N–H and O–H groups in total. The van der Waals surface area contributed by atoms with Crippen molar-refractivity contribution in [2.45, 2.75) is 6.92 Å². The van der Waals surface area contributed by atoms with Crippen LogP contribution in [-0.4, -0.2) is 19.7 Å². The van der Waals surface area contributed by atoms with Crippen molar-refractivity contribution in [2.75, 3.05) is 19.0 Å². The van der Waals surface area contributed by atoms with Gasteiger partial charge in [-0.3, -0.25) is 0 Å². The molecule has 5 heteroatoms. The minimum Gasteiger partial charge on any atom is -0.495 e. The first-order valence-electron chi connectivity index (χ1n) is 4.55. The summed E-state index contributed by atoms with van der Waals surface area (Å²) in [4.78, 5) is 11.3. The molecule has 0 aliphatic heterocycles. The van der Waals surface area contributed by atoms with E-state index >= 15 is 0 Å². The molecule has 0 bridgehead atoms. The first-order valence-corrected chi connectivity index (χ1v) is 5.35. The van der Waals surface area contributed by atoms with Crippen LogP contribution >= 0.6 is 15.9 Å². The third kappa shape index (κ3) is 3.43. The molecule has 0 saturated heterocycles. The number of benzene rings is 1. The first-order chi connectivity index (χ1) is 7.17. The Labute approximate surface area is 97.1 Å². The summed E-state index contributed by atoms with van der Waals surface area (Å²) in [5, 5.41) is 5.34. The molecule has 82 valence electrons. The van der Waals surface area contributed by atoms with Gasteiger partial charge in [-0.05, 0) is 25.1 Å². The highest BCUT2D eigenvalue weighted by molar-refractivity contribution is 9.10. The number of carbonyl (C=O) groups is 1. The molecule has 0 atom stereocenters.